The Balaban J connectivity index is 2.31. The van der Waals surface area contributed by atoms with Gasteiger partial charge in [0.05, 0.1) is 10.7 Å². The van der Waals surface area contributed by atoms with Gasteiger partial charge in [0.25, 0.3) is 0 Å². The fourth-order valence-corrected chi connectivity index (χ4v) is 3.50. The minimum atomic E-state index is 0.414. The maximum atomic E-state index is 10.8. The van der Waals surface area contributed by atoms with E-state index in [1.807, 2.05) is 17.4 Å². The van der Waals surface area contributed by atoms with Crippen LogP contribution in [0.3, 0.4) is 0 Å². The van der Waals surface area contributed by atoms with Crippen LogP contribution in [0.5, 0.6) is 0 Å². The van der Waals surface area contributed by atoms with Crippen LogP contribution < -0.4 is 0 Å². The minimum Gasteiger partial charge on any atom is -0.296 e. The van der Waals surface area contributed by atoms with E-state index in [1.165, 1.54) is 11.3 Å². The van der Waals surface area contributed by atoms with Crippen LogP contribution in [0.4, 0.5) is 0 Å². The van der Waals surface area contributed by atoms with Gasteiger partial charge in [0.2, 0.25) is 0 Å². The molecule has 0 amide bonds. The summed E-state index contributed by atoms with van der Waals surface area (Å²) >= 11 is 13.7. The molecule has 0 unspecified atom stereocenters. The van der Waals surface area contributed by atoms with E-state index in [0.717, 1.165) is 27.4 Å². The first kappa shape index (κ1) is 12.7. The minimum absolute atomic E-state index is 0.414. The van der Waals surface area contributed by atoms with Gasteiger partial charge in [-0.15, -0.1) is 11.3 Å². The Morgan fingerprint density at radius 3 is 2.84 bits per heavy atom. The lowest BCUT2D eigenvalue weighted by atomic mass is 10.1. The molecule has 0 saturated heterocycles. The van der Waals surface area contributed by atoms with Gasteiger partial charge in [-0.25, -0.2) is 4.98 Å². The summed E-state index contributed by atoms with van der Waals surface area (Å²) in [7, 11) is 0. The van der Waals surface area contributed by atoms with Crippen LogP contribution in [0, 0.1) is 6.92 Å². The van der Waals surface area contributed by atoms with Gasteiger partial charge >= 0.3 is 0 Å². The summed E-state index contributed by atoms with van der Waals surface area (Å²) in [5.41, 5.74) is 2.24. The number of benzene rings is 1. The first-order chi connectivity index (χ1) is 9.10. The Morgan fingerprint density at radius 1 is 1.37 bits per heavy atom. The largest absolute Gasteiger partial charge is 0.296 e. The molecule has 19 heavy (non-hydrogen) atoms. The summed E-state index contributed by atoms with van der Waals surface area (Å²) in [6, 6.07) is 5.38. The third-order valence-electron chi connectivity index (χ3n) is 2.82. The monoisotopic (exact) mass is 310 g/mol. The van der Waals surface area contributed by atoms with Crippen LogP contribution in [0.1, 0.15) is 15.4 Å². The molecule has 3 aromatic rings. The third-order valence-corrected chi connectivity index (χ3v) is 4.34. The molecule has 3 rings (SSSR count). The normalized spacial score (nSPS) is 11.1. The Labute approximate surface area is 123 Å². The van der Waals surface area contributed by atoms with Gasteiger partial charge in [0.15, 0.2) is 11.2 Å². The van der Waals surface area contributed by atoms with Crippen LogP contribution in [0.15, 0.2) is 24.4 Å². The number of aryl methyl sites for hydroxylation is 1. The number of carbonyl (C=O) groups is 1. The molecule has 96 valence electrons. The summed E-state index contributed by atoms with van der Waals surface area (Å²) < 4.78 is 1.89. The Kier molecular flexibility index (Phi) is 3.09. The number of aromatic nitrogens is 2. The highest BCUT2D eigenvalue weighted by molar-refractivity contribution is 7.17. The van der Waals surface area contributed by atoms with Gasteiger partial charge in [-0.3, -0.25) is 9.20 Å². The lowest BCUT2D eigenvalue weighted by molar-refractivity contribution is 0.111. The van der Waals surface area contributed by atoms with Crippen molar-refractivity contribution in [3.8, 4) is 11.3 Å². The van der Waals surface area contributed by atoms with E-state index in [1.54, 1.807) is 18.3 Å². The van der Waals surface area contributed by atoms with Crippen LogP contribution >= 0.6 is 34.5 Å². The van der Waals surface area contributed by atoms with Gasteiger partial charge in [-0.05, 0) is 25.1 Å². The average Bonchev–Trinajstić information content (AvgIpc) is 2.87. The van der Waals surface area contributed by atoms with Crippen molar-refractivity contribution in [2.75, 3.05) is 0 Å². The van der Waals surface area contributed by atoms with Crippen LogP contribution in [-0.4, -0.2) is 15.7 Å². The van der Waals surface area contributed by atoms with Crippen molar-refractivity contribution in [1.82, 2.24) is 9.38 Å². The van der Waals surface area contributed by atoms with E-state index in [-0.39, 0.29) is 0 Å². The summed E-state index contributed by atoms with van der Waals surface area (Å²) in [5, 5.41) is 1.17. The lowest BCUT2D eigenvalue weighted by Gasteiger charge is -2.05. The second kappa shape index (κ2) is 4.63. The highest BCUT2D eigenvalue weighted by atomic mass is 35.5. The number of thiazole rings is 1. The Hall–Kier alpha value is -1.36. The fraction of sp³-hybridized carbons (Fsp3) is 0.0769. The number of carbonyl (C=O) groups excluding carboxylic acids is 1. The molecular weight excluding hydrogens is 303 g/mol. The van der Waals surface area contributed by atoms with E-state index in [4.69, 9.17) is 23.2 Å². The van der Waals surface area contributed by atoms with Crippen molar-refractivity contribution in [3.05, 3.63) is 45.0 Å². The molecule has 6 heteroatoms. The molecule has 0 aliphatic rings. The van der Waals surface area contributed by atoms with E-state index in [0.29, 0.717) is 15.7 Å². The quantitative estimate of drug-likeness (QED) is 0.653. The topological polar surface area (TPSA) is 34.4 Å². The number of imidazole rings is 1. The molecule has 3 nitrogen and oxygen atoms in total. The number of halogens is 2. The Morgan fingerprint density at radius 2 is 2.16 bits per heavy atom. The summed E-state index contributed by atoms with van der Waals surface area (Å²) in [6.07, 6.45) is 2.45. The van der Waals surface area contributed by atoms with Crippen molar-refractivity contribution in [3.63, 3.8) is 0 Å². The zero-order valence-electron chi connectivity index (χ0n) is 9.85. The van der Waals surface area contributed by atoms with Crippen LogP contribution in [0.2, 0.25) is 10.0 Å². The molecule has 0 atom stereocenters. The zero-order chi connectivity index (χ0) is 13.6. The molecule has 0 aliphatic carbocycles. The third kappa shape index (κ3) is 2.06. The second-order valence-corrected chi connectivity index (χ2v) is 6.09. The van der Waals surface area contributed by atoms with Gasteiger partial charge in [0, 0.05) is 21.7 Å². The summed E-state index contributed by atoms with van der Waals surface area (Å²) in [4.78, 5) is 16.9. The first-order valence-electron chi connectivity index (χ1n) is 5.49. The zero-order valence-corrected chi connectivity index (χ0v) is 12.2. The number of hydrogen-bond donors (Lipinski definition) is 0. The van der Waals surface area contributed by atoms with Crippen LogP contribution in [0.25, 0.3) is 16.2 Å². The second-order valence-electron chi connectivity index (χ2n) is 4.07. The average molecular weight is 311 g/mol. The van der Waals surface area contributed by atoms with Crippen molar-refractivity contribution < 1.29 is 4.79 Å². The fourth-order valence-electron chi connectivity index (χ4n) is 2.03. The number of nitrogens with zero attached hydrogens (tertiary/aromatic N) is 2. The van der Waals surface area contributed by atoms with Crippen molar-refractivity contribution >= 4 is 45.8 Å². The molecule has 0 spiro atoms. The standard InChI is InChI=1S/C13H8Cl2N2OS/c1-7-12(10-3-2-8(14)4-11(10)15)17-5-9(6-18)16-13(17)19-7/h2-6H,1H3. The first-order valence-corrected chi connectivity index (χ1v) is 7.06. The molecule has 0 bridgehead atoms. The molecule has 0 fully saturated rings. The van der Waals surface area contributed by atoms with E-state index < -0.39 is 0 Å². The van der Waals surface area contributed by atoms with Gasteiger partial charge in [-0.2, -0.15) is 0 Å². The molecule has 2 heterocycles. The number of rotatable bonds is 2. The smallest absolute Gasteiger partial charge is 0.195 e. The summed E-state index contributed by atoms with van der Waals surface area (Å²) in [6.45, 7) is 2.00. The number of hydrogen-bond acceptors (Lipinski definition) is 3. The SMILES string of the molecule is Cc1sc2nc(C=O)cn2c1-c1ccc(Cl)cc1Cl. The van der Waals surface area contributed by atoms with Crippen molar-refractivity contribution in [2.45, 2.75) is 6.92 Å². The molecular formula is C13H8Cl2N2OS. The van der Waals surface area contributed by atoms with E-state index in [9.17, 15) is 4.79 Å². The maximum absolute atomic E-state index is 10.8. The summed E-state index contributed by atoms with van der Waals surface area (Å²) in [5.74, 6) is 0. The number of fused-ring (bicyclic) bond motifs is 1. The van der Waals surface area contributed by atoms with Crippen molar-refractivity contribution in [2.24, 2.45) is 0 Å². The molecule has 2 aromatic heterocycles. The molecule has 0 radical (unpaired) electrons. The van der Waals surface area contributed by atoms with Gasteiger partial charge < -0.3 is 0 Å². The number of aldehydes is 1. The van der Waals surface area contributed by atoms with E-state index in [2.05, 4.69) is 4.98 Å². The van der Waals surface area contributed by atoms with E-state index >= 15 is 0 Å². The van der Waals surface area contributed by atoms with Crippen LogP contribution in [-0.2, 0) is 0 Å². The van der Waals surface area contributed by atoms with Gasteiger partial charge in [-0.1, -0.05) is 23.2 Å². The Bertz CT molecular complexity index is 791. The molecule has 0 saturated carbocycles. The highest BCUT2D eigenvalue weighted by Gasteiger charge is 2.16. The van der Waals surface area contributed by atoms with Gasteiger partial charge in [0.1, 0.15) is 5.69 Å². The highest BCUT2D eigenvalue weighted by Crippen LogP contribution is 2.36. The maximum Gasteiger partial charge on any atom is 0.195 e. The lowest BCUT2D eigenvalue weighted by Crippen LogP contribution is -1.88. The predicted octanol–water partition coefficient (Wildman–Crippen LogP) is 4.49. The molecule has 0 N–H and O–H groups in total. The predicted molar refractivity (Wildman–Crippen MR) is 78.6 cm³/mol. The molecule has 0 aliphatic heterocycles. The molecule has 1 aromatic carbocycles. The van der Waals surface area contributed by atoms with Crippen molar-refractivity contribution in [1.29, 1.82) is 0 Å².